The second-order valence-corrected chi connectivity index (χ2v) is 16.3. The SMILES string of the molecule is C=C1C(C(C)(C(CC(=O)O)OC(C)=O)C2CC(=O)OC2(C)CO)C(OC=O)C(OC(=O)C(O)C(C)C)C2(C)C(c3ccoc3)C(OC(=O)C(C)CC)C3OC132. The van der Waals surface area contributed by atoms with Gasteiger partial charge < -0.3 is 48.2 Å². The number of furan rings is 1. The van der Waals surface area contributed by atoms with E-state index in [9.17, 15) is 44.1 Å². The van der Waals surface area contributed by atoms with Crippen LogP contribution in [0.1, 0.15) is 86.1 Å². The van der Waals surface area contributed by atoms with Crippen LogP contribution in [0.2, 0.25) is 0 Å². The number of hydrogen-bond donors (Lipinski definition) is 3. The summed E-state index contributed by atoms with van der Waals surface area (Å²) in [6, 6.07) is 1.65. The van der Waals surface area contributed by atoms with Gasteiger partial charge in [0, 0.05) is 30.1 Å². The topological polar surface area (TPSA) is 235 Å². The van der Waals surface area contributed by atoms with Gasteiger partial charge in [-0.25, -0.2) is 4.79 Å². The molecule has 55 heavy (non-hydrogen) atoms. The van der Waals surface area contributed by atoms with Crippen LogP contribution in [0.25, 0.3) is 0 Å². The fraction of sp³-hybridized carbons (Fsp3) is 0.692. The third kappa shape index (κ3) is 6.53. The van der Waals surface area contributed by atoms with Gasteiger partial charge in [-0.2, -0.15) is 0 Å². The first kappa shape index (κ1) is 41.9. The van der Waals surface area contributed by atoms with E-state index in [1.165, 1.54) is 26.4 Å². The standard InChI is InChI=1S/C39H52O16/c1-10-19(4)34(47)52-31-28(22-11-12-49-15-22)38(9)32(53-35(48)29(46)18(2)3)30(50-17-41)27(20(5)39(38)33(31)55-39)37(8,24(14-25(43)44)51-21(6)42)23-13-26(45)54-36(23,7)16-40/h11-12,15,17-19,23-24,27-33,40,46H,5,10,13-14,16H2,1-4,6-9H3,(H,43,44). The lowest BCUT2D eigenvalue weighted by Crippen LogP contribution is -2.68. The van der Waals surface area contributed by atoms with Crippen LogP contribution in [0.3, 0.4) is 0 Å². The van der Waals surface area contributed by atoms with Crippen LogP contribution in [0.4, 0.5) is 0 Å². The van der Waals surface area contributed by atoms with Crippen LogP contribution in [0.15, 0.2) is 35.2 Å². The van der Waals surface area contributed by atoms with Gasteiger partial charge in [-0.05, 0) is 36.5 Å². The molecule has 2 saturated heterocycles. The van der Waals surface area contributed by atoms with Crippen molar-refractivity contribution in [2.45, 2.75) is 128 Å². The minimum Gasteiger partial charge on any atom is -0.481 e. The molecule has 1 aromatic rings. The van der Waals surface area contributed by atoms with E-state index in [1.54, 1.807) is 33.8 Å². The number of carbonyl (C=O) groups is 6. The molecule has 14 unspecified atom stereocenters. The predicted molar refractivity (Wildman–Crippen MR) is 186 cm³/mol. The van der Waals surface area contributed by atoms with Gasteiger partial charge in [0.2, 0.25) is 0 Å². The van der Waals surface area contributed by atoms with Gasteiger partial charge in [0.25, 0.3) is 6.47 Å². The number of hydrogen-bond acceptors (Lipinski definition) is 15. The van der Waals surface area contributed by atoms with Crippen LogP contribution in [0, 0.1) is 34.5 Å². The zero-order valence-electron chi connectivity index (χ0n) is 32.3. The second kappa shape index (κ2) is 15.0. The fourth-order valence-corrected chi connectivity index (χ4v) is 9.88. The summed E-state index contributed by atoms with van der Waals surface area (Å²) in [7, 11) is 0. The van der Waals surface area contributed by atoms with Crippen LogP contribution in [0.5, 0.6) is 0 Å². The van der Waals surface area contributed by atoms with Crippen molar-refractivity contribution < 1.29 is 76.9 Å². The van der Waals surface area contributed by atoms with Gasteiger partial charge in [-0.1, -0.05) is 48.1 Å². The number of carbonyl (C=O) groups excluding carboxylic acids is 5. The number of carboxylic acid groups (broad SMARTS) is 1. The van der Waals surface area contributed by atoms with Gasteiger partial charge in [0.05, 0.1) is 43.3 Å². The predicted octanol–water partition coefficient (Wildman–Crippen LogP) is 2.86. The number of aliphatic hydroxyl groups is 2. The first-order valence-corrected chi connectivity index (χ1v) is 18.5. The average molecular weight is 777 g/mol. The Balaban J connectivity index is 1.84. The molecule has 0 radical (unpaired) electrons. The molecule has 3 heterocycles. The van der Waals surface area contributed by atoms with E-state index < -0.39 is 138 Å². The van der Waals surface area contributed by atoms with E-state index in [4.69, 9.17) is 32.8 Å². The van der Waals surface area contributed by atoms with E-state index in [0.29, 0.717) is 12.0 Å². The van der Waals surface area contributed by atoms with Gasteiger partial charge in [0.15, 0.2) is 6.10 Å². The van der Waals surface area contributed by atoms with Gasteiger partial charge in [-0.15, -0.1) is 0 Å². The third-order valence-corrected chi connectivity index (χ3v) is 12.8. The molecule has 1 spiro atoms. The van der Waals surface area contributed by atoms with Crippen LogP contribution < -0.4 is 0 Å². The van der Waals surface area contributed by atoms with Crippen molar-refractivity contribution in [3.8, 4) is 0 Å². The highest BCUT2D eigenvalue weighted by atomic mass is 16.7. The zero-order chi connectivity index (χ0) is 41.0. The van der Waals surface area contributed by atoms with E-state index in [1.807, 2.05) is 6.92 Å². The highest BCUT2D eigenvalue weighted by Crippen LogP contribution is 2.77. The van der Waals surface area contributed by atoms with E-state index in [-0.39, 0.29) is 12.0 Å². The molecule has 16 nitrogen and oxygen atoms in total. The number of epoxide rings is 1. The Bertz CT molecular complexity index is 1670. The van der Waals surface area contributed by atoms with Crippen LogP contribution >= 0.6 is 0 Å². The molecule has 0 bridgehead atoms. The number of aliphatic carboxylic acids is 1. The summed E-state index contributed by atoms with van der Waals surface area (Å²) < 4.78 is 42.0. The molecule has 14 atom stereocenters. The summed E-state index contributed by atoms with van der Waals surface area (Å²) in [5.41, 5.74) is -5.95. The quantitative estimate of drug-likeness (QED) is 0.0720. The molecule has 4 aliphatic rings. The lowest BCUT2D eigenvalue weighted by molar-refractivity contribution is -0.227. The fourth-order valence-electron chi connectivity index (χ4n) is 9.88. The Morgan fingerprint density at radius 3 is 2.33 bits per heavy atom. The van der Waals surface area contributed by atoms with Crippen molar-refractivity contribution in [2.24, 2.45) is 34.5 Å². The summed E-state index contributed by atoms with van der Waals surface area (Å²) in [4.78, 5) is 78.5. The minimum absolute atomic E-state index is 0.111. The highest BCUT2D eigenvalue weighted by Gasteiger charge is 2.88. The number of cyclic esters (lactones) is 1. The van der Waals surface area contributed by atoms with Crippen LogP contribution in [-0.2, 0) is 57.2 Å². The molecule has 2 aliphatic carbocycles. The maximum atomic E-state index is 13.9. The number of carboxylic acids is 1. The molecule has 1 aromatic heterocycles. The normalized spacial score (nSPS) is 36.3. The Morgan fingerprint density at radius 1 is 1.13 bits per heavy atom. The van der Waals surface area contributed by atoms with E-state index in [0.717, 1.165) is 6.92 Å². The summed E-state index contributed by atoms with van der Waals surface area (Å²) in [5.74, 6) is -9.21. The Morgan fingerprint density at radius 2 is 1.80 bits per heavy atom. The monoisotopic (exact) mass is 776 g/mol. The van der Waals surface area contributed by atoms with Crippen molar-refractivity contribution in [1.29, 1.82) is 0 Å². The molecule has 0 aromatic carbocycles. The molecular formula is C39H52O16. The van der Waals surface area contributed by atoms with Gasteiger partial charge >= 0.3 is 29.8 Å². The number of rotatable bonds is 16. The van der Waals surface area contributed by atoms with Gasteiger partial charge in [0.1, 0.15) is 41.7 Å². The molecule has 2 aliphatic heterocycles. The van der Waals surface area contributed by atoms with Crippen molar-refractivity contribution >= 4 is 36.3 Å². The molecule has 5 rings (SSSR count). The highest BCUT2D eigenvalue weighted by molar-refractivity contribution is 5.76. The summed E-state index contributed by atoms with van der Waals surface area (Å²) >= 11 is 0. The molecular weight excluding hydrogens is 724 g/mol. The van der Waals surface area contributed by atoms with Crippen molar-refractivity contribution in [3.63, 3.8) is 0 Å². The van der Waals surface area contributed by atoms with Crippen LogP contribution in [-0.4, -0.2) is 106 Å². The molecule has 16 heteroatoms. The van der Waals surface area contributed by atoms with Crippen molar-refractivity contribution in [2.75, 3.05) is 6.61 Å². The first-order valence-electron chi connectivity index (χ1n) is 18.5. The molecule has 0 amide bonds. The summed E-state index contributed by atoms with van der Waals surface area (Å²) in [6.45, 7) is 16.3. The molecule has 2 saturated carbocycles. The second-order valence-electron chi connectivity index (χ2n) is 16.3. The van der Waals surface area contributed by atoms with Crippen molar-refractivity contribution in [3.05, 3.63) is 36.3 Å². The average Bonchev–Trinajstić information content (AvgIpc) is 3.36. The smallest absolute Gasteiger partial charge is 0.335 e. The lowest BCUT2D eigenvalue weighted by atomic mass is 9.47. The molecule has 4 fully saturated rings. The first-order chi connectivity index (χ1) is 25.7. The Kier molecular flexibility index (Phi) is 11.4. The van der Waals surface area contributed by atoms with E-state index in [2.05, 4.69) is 6.58 Å². The lowest BCUT2D eigenvalue weighted by Gasteiger charge is -2.59. The third-order valence-electron chi connectivity index (χ3n) is 12.8. The summed E-state index contributed by atoms with van der Waals surface area (Å²) in [5, 5.41) is 31.9. The maximum absolute atomic E-state index is 13.9. The molecule has 304 valence electrons. The largest absolute Gasteiger partial charge is 0.481 e. The number of ether oxygens (including phenoxy) is 6. The number of aliphatic hydroxyl groups excluding tert-OH is 2. The van der Waals surface area contributed by atoms with E-state index >= 15 is 0 Å². The van der Waals surface area contributed by atoms with Crippen molar-refractivity contribution in [1.82, 2.24) is 0 Å². The zero-order valence-corrected chi connectivity index (χ0v) is 32.3. The maximum Gasteiger partial charge on any atom is 0.335 e. The number of esters is 4. The van der Waals surface area contributed by atoms with Gasteiger partial charge in [-0.3, -0.25) is 24.0 Å². The Hall–Kier alpha value is -4.28. The Labute approximate surface area is 318 Å². The molecule has 3 N–H and O–H groups in total. The minimum atomic E-state index is -1.83. The summed E-state index contributed by atoms with van der Waals surface area (Å²) in [6.07, 6.45) is -6.40.